The normalized spacial score (nSPS) is 16.5. The van der Waals surface area contributed by atoms with Crippen LogP contribution in [-0.4, -0.2) is 53.8 Å². The van der Waals surface area contributed by atoms with Crippen LogP contribution in [0.5, 0.6) is 0 Å². The highest BCUT2D eigenvalue weighted by molar-refractivity contribution is 5.95. The van der Waals surface area contributed by atoms with Crippen LogP contribution in [0.1, 0.15) is 28.6 Å². The molecule has 1 aromatic heterocycles. The molecule has 2 heterocycles. The molecule has 1 aromatic carbocycles. The minimum Gasteiger partial charge on any atom is -0.459 e. The van der Waals surface area contributed by atoms with Crippen LogP contribution in [-0.2, 0) is 17.5 Å². The van der Waals surface area contributed by atoms with Crippen molar-refractivity contribution in [2.45, 2.75) is 25.7 Å². The van der Waals surface area contributed by atoms with Crippen LogP contribution in [0.25, 0.3) is 0 Å². The number of piperazine rings is 1. The molecule has 0 unspecified atom stereocenters. The van der Waals surface area contributed by atoms with Gasteiger partial charge >= 0.3 is 6.18 Å². The monoisotopic (exact) mass is 409 g/mol. The Balaban J connectivity index is 1.47. The quantitative estimate of drug-likeness (QED) is 0.825. The summed E-state index contributed by atoms with van der Waals surface area (Å²) in [6.45, 7) is 4.32. The van der Waals surface area contributed by atoms with Crippen LogP contribution in [0, 0.1) is 0 Å². The molecule has 1 fully saturated rings. The van der Waals surface area contributed by atoms with Gasteiger partial charge in [-0.3, -0.25) is 14.5 Å². The third kappa shape index (κ3) is 5.38. The first kappa shape index (κ1) is 20.9. The van der Waals surface area contributed by atoms with Gasteiger partial charge in [-0.05, 0) is 36.8 Å². The van der Waals surface area contributed by atoms with E-state index in [1.54, 1.807) is 17.9 Å². The van der Waals surface area contributed by atoms with Crippen LogP contribution in [0.15, 0.2) is 47.1 Å². The van der Waals surface area contributed by atoms with Crippen molar-refractivity contribution in [2.24, 2.45) is 0 Å². The fourth-order valence-corrected chi connectivity index (χ4v) is 3.19. The van der Waals surface area contributed by atoms with Gasteiger partial charge in [0.25, 0.3) is 5.91 Å². The molecule has 0 aliphatic carbocycles. The summed E-state index contributed by atoms with van der Waals surface area (Å²) in [6.07, 6.45) is -2.95. The fraction of sp³-hybridized carbons (Fsp3) is 0.400. The molecule has 0 saturated carbocycles. The summed E-state index contributed by atoms with van der Waals surface area (Å²) in [5.74, 6) is -0.484. The molecule has 0 spiro atoms. The number of nitrogens with one attached hydrogen (secondary N) is 1. The Hall–Kier alpha value is -2.81. The Kier molecular flexibility index (Phi) is 6.26. The number of amides is 2. The third-order valence-corrected chi connectivity index (χ3v) is 4.83. The molecule has 156 valence electrons. The van der Waals surface area contributed by atoms with Gasteiger partial charge < -0.3 is 14.6 Å². The van der Waals surface area contributed by atoms with Crippen molar-refractivity contribution in [3.05, 3.63) is 59.5 Å². The summed E-state index contributed by atoms with van der Waals surface area (Å²) < 4.78 is 42.9. The maximum absolute atomic E-state index is 12.6. The largest absolute Gasteiger partial charge is 0.459 e. The first-order chi connectivity index (χ1) is 13.7. The number of nitrogens with zero attached hydrogens (tertiary/aromatic N) is 2. The molecule has 2 amide bonds. The highest BCUT2D eigenvalue weighted by Crippen LogP contribution is 2.29. The molecule has 1 atom stereocenters. The van der Waals surface area contributed by atoms with E-state index in [0.29, 0.717) is 32.7 Å². The first-order valence-corrected chi connectivity index (χ1v) is 9.25. The van der Waals surface area contributed by atoms with Crippen LogP contribution >= 0.6 is 0 Å². The molecule has 0 radical (unpaired) electrons. The lowest BCUT2D eigenvalue weighted by molar-refractivity contribution is -0.137. The van der Waals surface area contributed by atoms with Gasteiger partial charge in [0.15, 0.2) is 5.76 Å². The molecule has 3 rings (SSSR count). The Morgan fingerprint density at radius 3 is 2.31 bits per heavy atom. The van der Waals surface area contributed by atoms with Gasteiger partial charge in [-0.15, -0.1) is 0 Å². The fourth-order valence-electron chi connectivity index (χ4n) is 3.19. The van der Waals surface area contributed by atoms with Gasteiger partial charge in [0.1, 0.15) is 6.04 Å². The lowest BCUT2D eigenvalue weighted by Crippen LogP contribution is -2.53. The van der Waals surface area contributed by atoms with E-state index in [2.05, 4.69) is 10.2 Å². The van der Waals surface area contributed by atoms with Crippen molar-refractivity contribution < 1.29 is 27.2 Å². The number of hydrogen-bond donors (Lipinski definition) is 1. The van der Waals surface area contributed by atoms with E-state index in [1.807, 2.05) is 0 Å². The van der Waals surface area contributed by atoms with Crippen LogP contribution in [0.2, 0.25) is 0 Å². The molecule has 29 heavy (non-hydrogen) atoms. The average molecular weight is 409 g/mol. The van der Waals surface area contributed by atoms with Crippen molar-refractivity contribution in [2.75, 3.05) is 26.2 Å². The second-order valence-electron chi connectivity index (χ2n) is 6.97. The first-order valence-electron chi connectivity index (χ1n) is 9.25. The second-order valence-corrected chi connectivity index (χ2v) is 6.97. The number of carbonyl (C=O) groups is 2. The predicted molar refractivity (Wildman–Crippen MR) is 98.9 cm³/mol. The van der Waals surface area contributed by atoms with E-state index < -0.39 is 23.7 Å². The minimum absolute atomic E-state index is 0.144. The number of halogens is 3. The molecule has 0 bridgehead atoms. The summed E-state index contributed by atoms with van der Waals surface area (Å²) in [7, 11) is 0. The van der Waals surface area contributed by atoms with Gasteiger partial charge in [0, 0.05) is 32.7 Å². The molecule has 9 heteroatoms. The molecular formula is C20H22F3N3O3. The van der Waals surface area contributed by atoms with E-state index in [0.717, 1.165) is 17.7 Å². The van der Waals surface area contributed by atoms with Crippen molar-refractivity contribution in [1.29, 1.82) is 0 Å². The highest BCUT2D eigenvalue weighted by atomic mass is 19.4. The highest BCUT2D eigenvalue weighted by Gasteiger charge is 2.30. The lowest BCUT2D eigenvalue weighted by atomic mass is 10.1. The molecule has 1 aliphatic rings. The minimum atomic E-state index is -4.34. The maximum atomic E-state index is 12.6. The topological polar surface area (TPSA) is 65.8 Å². The lowest BCUT2D eigenvalue weighted by Gasteiger charge is -2.36. The predicted octanol–water partition coefficient (Wildman–Crippen LogP) is 2.76. The zero-order valence-corrected chi connectivity index (χ0v) is 15.9. The molecule has 1 aliphatic heterocycles. The molecule has 6 nitrogen and oxygen atoms in total. The average Bonchev–Trinajstić information content (AvgIpc) is 3.23. The van der Waals surface area contributed by atoms with Crippen molar-refractivity contribution in [3.8, 4) is 0 Å². The summed E-state index contributed by atoms with van der Waals surface area (Å²) in [6, 6.07) is 7.55. The van der Waals surface area contributed by atoms with E-state index in [9.17, 15) is 22.8 Å². The number of benzene rings is 1. The molecule has 1 saturated heterocycles. The van der Waals surface area contributed by atoms with E-state index in [-0.39, 0.29) is 11.7 Å². The summed E-state index contributed by atoms with van der Waals surface area (Å²) in [5, 5.41) is 2.62. The summed E-state index contributed by atoms with van der Waals surface area (Å²) >= 11 is 0. The van der Waals surface area contributed by atoms with E-state index >= 15 is 0 Å². The Bertz CT molecular complexity index is 827. The third-order valence-electron chi connectivity index (χ3n) is 4.83. The maximum Gasteiger partial charge on any atom is 0.416 e. The molecule has 1 N–H and O–H groups in total. The zero-order chi connectivity index (χ0) is 21.0. The van der Waals surface area contributed by atoms with Gasteiger partial charge in [0.05, 0.1) is 11.8 Å². The van der Waals surface area contributed by atoms with Crippen LogP contribution in [0.3, 0.4) is 0 Å². The molecular weight excluding hydrogens is 387 g/mol. The van der Waals surface area contributed by atoms with Crippen molar-refractivity contribution >= 4 is 11.8 Å². The summed E-state index contributed by atoms with van der Waals surface area (Å²) in [5.41, 5.74) is 0.124. The van der Waals surface area contributed by atoms with Gasteiger partial charge in [-0.2, -0.15) is 13.2 Å². The Morgan fingerprint density at radius 2 is 1.76 bits per heavy atom. The van der Waals surface area contributed by atoms with E-state index in [1.165, 1.54) is 24.5 Å². The number of hydrogen-bond acceptors (Lipinski definition) is 4. The van der Waals surface area contributed by atoms with Crippen LogP contribution in [0.4, 0.5) is 13.2 Å². The van der Waals surface area contributed by atoms with Crippen molar-refractivity contribution in [1.82, 2.24) is 15.1 Å². The number of alkyl halides is 3. The zero-order valence-electron chi connectivity index (χ0n) is 15.9. The van der Waals surface area contributed by atoms with Crippen molar-refractivity contribution in [3.63, 3.8) is 0 Å². The standard InChI is InChI=1S/C20H22F3N3O3/c1-14(24-18(27)17-3-2-12-29-17)19(28)26-10-8-25(9-11-26)13-15-4-6-16(7-5-15)20(21,22)23/h2-7,12,14H,8-11,13H2,1H3,(H,24,27)/t14-/m0/s1. The number of carbonyl (C=O) groups excluding carboxylic acids is 2. The summed E-state index contributed by atoms with van der Waals surface area (Å²) in [4.78, 5) is 28.3. The smallest absolute Gasteiger partial charge is 0.416 e. The van der Waals surface area contributed by atoms with Gasteiger partial charge in [-0.25, -0.2) is 0 Å². The van der Waals surface area contributed by atoms with Gasteiger partial charge in [-0.1, -0.05) is 12.1 Å². The number of rotatable bonds is 5. The second kappa shape index (κ2) is 8.69. The Morgan fingerprint density at radius 1 is 1.10 bits per heavy atom. The van der Waals surface area contributed by atoms with E-state index in [4.69, 9.17) is 4.42 Å². The van der Waals surface area contributed by atoms with Crippen LogP contribution < -0.4 is 5.32 Å². The number of furan rings is 1. The van der Waals surface area contributed by atoms with Gasteiger partial charge in [0.2, 0.25) is 5.91 Å². The SMILES string of the molecule is C[C@H](NC(=O)c1ccco1)C(=O)N1CCN(Cc2ccc(C(F)(F)F)cc2)CC1. The molecule has 2 aromatic rings. The Labute approximate surface area is 166 Å².